The van der Waals surface area contributed by atoms with Crippen LogP contribution in [0.4, 0.5) is 13.2 Å². The summed E-state index contributed by atoms with van der Waals surface area (Å²) in [4.78, 5) is -0.00472. The van der Waals surface area contributed by atoms with E-state index in [0.29, 0.717) is 26.1 Å². The van der Waals surface area contributed by atoms with Crippen LogP contribution in [-0.2, 0) is 10.0 Å². The summed E-state index contributed by atoms with van der Waals surface area (Å²) in [7, 11) is -3.64. The Balaban J connectivity index is 2.16. The van der Waals surface area contributed by atoms with E-state index in [1.807, 2.05) is 0 Å². The van der Waals surface area contributed by atoms with Crippen LogP contribution in [0.3, 0.4) is 0 Å². The van der Waals surface area contributed by atoms with Crippen molar-refractivity contribution in [3.05, 3.63) is 24.3 Å². The molecule has 0 aromatic heterocycles. The molecule has 4 nitrogen and oxygen atoms in total. The number of nitrogens with zero attached hydrogens (tertiary/aromatic N) is 1. The van der Waals surface area contributed by atoms with Gasteiger partial charge in [0, 0.05) is 24.5 Å². The molecule has 9 heteroatoms. The number of hydrogen-bond donors (Lipinski definition) is 1. The number of thioether (sulfide) groups is 1. The van der Waals surface area contributed by atoms with Gasteiger partial charge >= 0.3 is 5.51 Å². The molecule has 1 fully saturated rings. The van der Waals surface area contributed by atoms with Crippen LogP contribution in [0.25, 0.3) is 0 Å². The normalized spacial score (nSPS) is 18.4. The maximum atomic E-state index is 12.4. The van der Waals surface area contributed by atoms with Gasteiger partial charge in [-0.3, -0.25) is 0 Å². The Labute approximate surface area is 125 Å². The van der Waals surface area contributed by atoms with E-state index in [0.717, 1.165) is 6.54 Å². The van der Waals surface area contributed by atoms with Gasteiger partial charge in [-0.1, -0.05) is 0 Å². The van der Waals surface area contributed by atoms with Gasteiger partial charge in [0.1, 0.15) is 0 Å². The monoisotopic (exact) mass is 340 g/mol. The fourth-order valence-electron chi connectivity index (χ4n) is 2.02. The predicted molar refractivity (Wildman–Crippen MR) is 74.6 cm³/mol. The average molecular weight is 340 g/mol. The van der Waals surface area contributed by atoms with Crippen LogP contribution >= 0.6 is 11.8 Å². The third kappa shape index (κ3) is 4.60. The van der Waals surface area contributed by atoms with Gasteiger partial charge < -0.3 is 5.32 Å². The Morgan fingerprint density at radius 1 is 1.10 bits per heavy atom. The van der Waals surface area contributed by atoms with Crippen LogP contribution in [0.1, 0.15) is 6.42 Å². The minimum atomic E-state index is -4.38. The van der Waals surface area contributed by atoms with Crippen molar-refractivity contribution in [2.45, 2.75) is 21.7 Å². The van der Waals surface area contributed by atoms with E-state index < -0.39 is 15.5 Å². The van der Waals surface area contributed by atoms with Crippen molar-refractivity contribution >= 4 is 21.8 Å². The Morgan fingerprint density at radius 2 is 1.76 bits per heavy atom. The lowest BCUT2D eigenvalue weighted by Crippen LogP contribution is -2.34. The van der Waals surface area contributed by atoms with E-state index >= 15 is 0 Å². The molecule has 0 saturated carbocycles. The number of sulfonamides is 1. The standard InChI is InChI=1S/C12H15F3N2O2S2/c13-12(14,15)20-10-2-4-11(5-3-10)21(18,19)17-8-1-6-16-7-9-17/h2-5,16H,1,6-9H2. The van der Waals surface area contributed by atoms with Crippen LogP contribution in [0.15, 0.2) is 34.1 Å². The van der Waals surface area contributed by atoms with Gasteiger partial charge in [0.25, 0.3) is 0 Å². The molecule has 21 heavy (non-hydrogen) atoms. The molecule has 0 atom stereocenters. The molecule has 0 spiro atoms. The van der Waals surface area contributed by atoms with Crippen LogP contribution in [0.5, 0.6) is 0 Å². The van der Waals surface area contributed by atoms with Crippen molar-refractivity contribution < 1.29 is 21.6 Å². The van der Waals surface area contributed by atoms with Crippen molar-refractivity contribution in [2.75, 3.05) is 26.2 Å². The highest BCUT2D eigenvalue weighted by Crippen LogP contribution is 2.37. The van der Waals surface area contributed by atoms with E-state index in [4.69, 9.17) is 0 Å². The first kappa shape index (κ1) is 16.6. The molecule has 0 aliphatic carbocycles. The van der Waals surface area contributed by atoms with Crippen molar-refractivity contribution in [1.29, 1.82) is 0 Å². The molecule has 1 saturated heterocycles. The smallest absolute Gasteiger partial charge is 0.315 e. The summed E-state index contributed by atoms with van der Waals surface area (Å²) >= 11 is -0.259. The number of nitrogens with one attached hydrogen (secondary N) is 1. The topological polar surface area (TPSA) is 49.4 Å². The molecular weight excluding hydrogens is 325 g/mol. The first-order chi connectivity index (χ1) is 9.79. The van der Waals surface area contributed by atoms with Gasteiger partial charge in [0.15, 0.2) is 0 Å². The molecule has 2 rings (SSSR count). The van der Waals surface area contributed by atoms with E-state index in [1.165, 1.54) is 28.6 Å². The summed E-state index contributed by atoms with van der Waals surface area (Å²) in [5.74, 6) is 0. The molecule has 1 heterocycles. The highest BCUT2D eigenvalue weighted by Gasteiger charge is 2.30. The molecule has 0 radical (unpaired) electrons. The first-order valence-corrected chi connectivity index (χ1v) is 8.61. The zero-order valence-electron chi connectivity index (χ0n) is 11.1. The molecule has 1 aliphatic rings. The van der Waals surface area contributed by atoms with E-state index in [9.17, 15) is 21.6 Å². The second kappa shape index (κ2) is 6.55. The third-order valence-electron chi connectivity index (χ3n) is 2.99. The van der Waals surface area contributed by atoms with Gasteiger partial charge in [-0.05, 0) is 49.0 Å². The van der Waals surface area contributed by atoms with Gasteiger partial charge in [-0.25, -0.2) is 8.42 Å². The van der Waals surface area contributed by atoms with Crippen LogP contribution in [0, 0.1) is 0 Å². The summed E-state index contributed by atoms with van der Waals surface area (Å²) < 4.78 is 62.9. The fourth-order valence-corrected chi connectivity index (χ4v) is 4.04. The summed E-state index contributed by atoms with van der Waals surface area (Å²) in [6.45, 7) is 2.10. The lowest BCUT2D eigenvalue weighted by atomic mass is 10.4. The molecule has 1 aromatic rings. The SMILES string of the molecule is O=S(=O)(c1ccc(SC(F)(F)F)cc1)N1CCCNCC1. The third-order valence-corrected chi connectivity index (χ3v) is 5.65. The Bertz CT molecular complexity index is 565. The van der Waals surface area contributed by atoms with E-state index in [-0.39, 0.29) is 21.6 Å². The molecule has 1 N–H and O–H groups in total. The van der Waals surface area contributed by atoms with Crippen molar-refractivity contribution in [3.8, 4) is 0 Å². The number of alkyl halides is 3. The Morgan fingerprint density at radius 3 is 2.38 bits per heavy atom. The van der Waals surface area contributed by atoms with Gasteiger partial charge in [0.2, 0.25) is 10.0 Å². The molecule has 0 unspecified atom stereocenters. The molecule has 0 bridgehead atoms. The van der Waals surface area contributed by atoms with E-state index in [2.05, 4.69) is 5.32 Å². The number of hydrogen-bond acceptors (Lipinski definition) is 4. The van der Waals surface area contributed by atoms with Gasteiger partial charge in [0.05, 0.1) is 4.90 Å². The van der Waals surface area contributed by atoms with Crippen LogP contribution < -0.4 is 5.32 Å². The lowest BCUT2D eigenvalue weighted by molar-refractivity contribution is -0.0328. The zero-order chi connectivity index (χ0) is 15.5. The number of benzene rings is 1. The molecule has 118 valence electrons. The minimum absolute atomic E-state index is 0.0240. The first-order valence-electron chi connectivity index (χ1n) is 6.36. The number of rotatable bonds is 3. The Hall–Kier alpha value is -0.770. The molecular formula is C12H15F3N2O2S2. The Kier molecular flexibility index (Phi) is 5.18. The maximum absolute atomic E-state index is 12.4. The van der Waals surface area contributed by atoms with E-state index in [1.54, 1.807) is 0 Å². The average Bonchev–Trinajstić information content (AvgIpc) is 2.66. The fraction of sp³-hybridized carbons (Fsp3) is 0.500. The predicted octanol–water partition coefficient (Wildman–Crippen LogP) is 2.28. The second-order valence-electron chi connectivity index (χ2n) is 4.53. The maximum Gasteiger partial charge on any atom is 0.446 e. The molecule has 1 aliphatic heterocycles. The van der Waals surface area contributed by atoms with Crippen molar-refractivity contribution in [3.63, 3.8) is 0 Å². The lowest BCUT2D eigenvalue weighted by Gasteiger charge is -2.19. The van der Waals surface area contributed by atoms with Crippen LogP contribution in [-0.4, -0.2) is 44.4 Å². The summed E-state index contributed by atoms with van der Waals surface area (Å²) in [5.41, 5.74) is -4.38. The summed E-state index contributed by atoms with van der Waals surface area (Å²) in [6, 6.07) is 4.81. The largest absolute Gasteiger partial charge is 0.446 e. The quantitative estimate of drug-likeness (QED) is 0.858. The molecule has 0 amide bonds. The summed E-state index contributed by atoms with van der Waals surface area (Å²) in [6.07, 6.45) is 0.710. The number of halogens is 3. The van der Waals surface area contributed by atoms with Gasteiger partial charge in [-0.2, -0.15) is 17.5 Å². The minimum Gasteiger partial charge on any atom is -0.315 e. The van der Waals surface area contributed by atoms with Crippen molar-refractivity contribution in [1.82, 2.24) is 9.62 Å². The van der Waals surface area contributed by atoms with Gasteiger partial charge in [-0.15, -0.1) is 0 Å². The van der Waals surface area contributed by atoms with Crippen molar-refractivity contribution in [2.24, 2.45) is 0 Å². The van der Waals surface area contributed by atoms with Crippen LogP contribution in [0.2, 0.25) is 0 Å². The summed E-state index contributed by atoms with van der Waals surface area (Å²) in [5, 5.41) is 3.10. The molecule has 1 aromatic carbocycles. The zero-order valence-corrected chi connectivity index (χ0v) is 12.7. The highest BCUT2D eigenvalue weighted by molar-refractivity contribution is 8.00. The second-order valence-corrected chi connectivity index (χ2v) is 7.60. The highest BCUT2D eigenvalue weighted by atomic mass is 32.2.